The second kappa shape index (κ2) is 4.41. The summed E-state index contributed by atoms with van der Waals surface area (Å²) in [6.45, 7) is 2.66. The van der Waals surface area contributed by atoms with Crippen molar-refractivity contribution < 1.29 is 23.1 Å². The van der Waals surface area contributed by atoms with Crippen LogP contribution >= 0.6 is 0 Å². The molecule has 1 aliphatic rings. The third-order valence-corrected chi connectivity index (χ3v) is 5.28. The van der Waals surface area contributed by atoms with Gasteiger partial charge in [-0.3, -0.25) is 4.79 Å². The van der Waals surface area contributed by atoms with Gasteiger partial charge in [-0.2, -0.15) is 4.31 Å². The van der Waals surface area contributed by atoms with Crippen LogP contribution in [0.2, 0.25) is 0 Å². The van der Waals surface area contributed by atoms with E-state index in [1.807, 2.05) is 0 Å². The molecule has 1 amide bonds. The maximum atomic E-state index is 12.0. The van der Waals surface area contributed by atoms with Gasteiger partial charge in [0.2, 0.25) is 0 Å². The monoisotopic (exact) mass is 296 g/mol. The number of nitrogens with zero attached hydrogens (tertiary/aromatic N) is 2. The summed E-state index contributed by atoms with van der Waals surface area (Å²) in [6.07, 6.45) is 3.51. The van der Waals surface area contributed by atoms with Crippen LogP contribution in [-0.4, -0.2) is 35.1 Å². The fourth-order valence-electron chi connectivity index (χ4n) is 1.70. The average molecular weight is 296 g/mol. The quantitative estimate of drug-likeness (QED) is 0.820. The number of rotatable bonds is 3. The smallest absolute Gasteiger partial charge is 0.328 e. The first-order chi connectivity index (χ1) is 9.18. The van der Waals surface area contributed by atoms with Crippen LogP contribution in [0, 0.1) is 0 Å². The lowest BCUT2D eigenvalue weighted by molar-refractivity contribution is -0.131. The number of pyridine rings is 1. The van der Waals surface area contributed by atoms with Crippen LogP contribution < -0.4 is 4.31 Å². The van der Waals surface area contributed by atoms with Gasteiger partial charge in [0, 0.05) is 12.3 Å². The molecule has 0 radical (unpaired) electrons. The molecule has 0 aliphatic carbocycles. The Morgan fingerprint density at radius 3 is 2.65 bits per heavy atom. The maximum Gasteiger partial charge on any atom is 0.328 e. The Morgan fingerprint density at radius 1 is 1.45 bits per heavy atom. The van der Waals surface area contributed by atoms with Gasteiger partial charge in [0.1, 0.15) is 0 Å². The highest BCUT2D eigenvalue weighted by atomic mass is 32.2. The van der Waals surface area contributed by atoms with E-state index in [1.165, 1.54) is 38.3 Å². The zero-order chi connectivity index (χ0) is 15.1. The van der Waals surface area contributed by atoms with Crippen LogP contribution in [-0.2, 0) is 19.6 Å². The molecular weight excluding hydrogens is 284 g/mol. The lowest BCUT2D eigenvalue weighted by Gasteiger charge is -2.42. The first-order valence-corrected chi connectivity index (χ1v) is 7.08. The zero-order valence-electron chi connectivity index (χ0n) is 10.8. The number of hydrogen-bond acceptors (Lipinski definition) is 5. The van der Waals surface area contributed by atoms with E-state index in [9.17, 15) is 18.0 Å². The van der Waals surface area contributed by atoms with Gasteiger partial charge in [-0.1, -0.05) is 0 Å². The zero-order valence-corrected chi connectivity index (χ0v) is 11.6. The molecule has 0 saturated carbocycles. The van der Waals surface area contributed by atoms with Crippen LogP contribution in [0.4, 0.5) is 5.82 Å². The molecule has 0 atom stereocenters. The summed E-state index contributed by atoms with van der Waals surface area (Å²) in [5, 5.41) is 8.54. The van der Waals surface area contributed by atoms with Crippen molar-refractivity contribution in [1.82, 2.24) is 4.98 Å². The highest BCUT2D eigenvalue weighted by Gasteiger charge is 2.61. The number of carbonyl (C=O) groups is 2. The van der Waals surface area contributed by atoms with Crippen LogP contribution in [0.15, 0.2) is 24.4 Å². The Labute approximate surface area is 115 Å². The van der Waals surface area contributed by atoms with Crippen molar-refractivity contribution >= 4 is 33.8 Å². The number of carboxylic acids is 1. The van der Waals surface area contributed by atoms with E-state index in [0.29, 0.717) is 9.87 Å². The second-order valence-corrected chi connectivity index (χ2v) is 7.04. The maximum absolute atomic E-state index is 12.0. The van der Waals surface area contributed by atoms with Crippen LogP contribution in [0.3, 0.4) is 0 Å². The molecule has 1 N–H and O–H groups in total. The van der Waals surface area contributed by atoms with Crippen LogP contribution in [0.5, 0.6) is 0 Å². The van der Waals surface area contributed by atoms with Crippen molar-refractivity contribution in [1.29, 1.82) is 0 Å². The van der Waals surface area contributed by atoms with Crippen molar-refractivity contribution in [2.45, 2.75) is 18.6 Å². The summed E-state index contributed by atoms with van der Waals surface area (Å²) < 4.78 is 23.2. The van der Waals surface area contributed by atoms with Crippen LogP contribution in [0.1, 0.15) is 19.4 Å². The fourth-order valence-corrected chi connectivity index (χ4v) is 3.13. The number of amides is 1. The van der Waals surface area contributed by atoms with E-state index in [1.54, 1.807) is 0 Å². The molecular formula is C12H12N2O5S. The van der Waals surface area contributed by atoms with Gasteiger partial charge in [-0.15, -0.1) is 0 Å². The molecule has 0 aromatic carbocycles. The predicted molar refractivity (Wildman–Crippen MR) is 71.4 cm³/mol. The Hall–Kier alpha value is -2.22. The molecule has 0 bridgehead atoms. The predicted octanol–water partition coefficient (Wildman–Crippen LogP) is 0.634. The van der Waals surface area contributed by atoms with Crippen molar-refractivity contribution in [3.63, 3.8) is 0 Å². The average Bonchev–Trinajstić information content (AvgIpc) is 2.36. The fraction of sp³-hybridized carbons (Fsp3) is 0.250. The molecule has 1 aromatic heterocycles. The number of carbonyl (C=O) groups excluding carboxylic acids is 1. The van der Waals surface area contributed by atoms with Gasteiger partial charge in [0.25, 0.3) is 15.9 Å². The number of sulfonamides is 1. The minimum absolute atomic E-state index is 0.0399. The van der Waals surface area contributed by atoms with E-state index in [4.69, 9.17) is 5.11 Å². The van der Waals surface area contributed by atoms with Gasteiger partial charge in [0.05, 0.1) is 0 Å². The molecule has 1 aromatic rings. The number of carboxylic acid groups (broad SMARTS) is 1. The van der Waals surface area contributed by atoms with Crippen molar-refractivity contribution in [3.05, 3.63) is 30.0 Å². The standard InChI is InChI=1S/C12H12N2O5S/c1-12(2)11(17)14(20(12,18)19)9-7-8(5-6-13-9)3-4-10(15)16/h3-7H,1-2H3,(H,15,16)/b4-3+. The number of aliphatic carboxylic acids is 1. The van der Waals surface area contributed by atoms with Crippen LogP contribution in [0.25, 0.3) is 6.08 Å². The molecule has 7 nitrogen and oxygen atoms in total. The molecule has 106 valence electrons. The summed E-state index contributed by atoms with van der Waals surface area (Å²) in [5.41, 5.74) is 0.435. The highest BCUT2D eigenvalue weighted by Crippen LogP contribution is 2.38. The molecule has 20 heavy (non-hydrogen) atoms. The summed E-state index contributed by atoms with van der Waals surface area (Å²) in [5.74, 6) is -1.73. The molecule has 2 rings (SSSR count). The minimum Gasteiger partial charge on any atom is -0.478 e. The van der Waals surface area contributed by atoms with Gasteiger partial charge in [0.15, 0.2) is 10.6 Å². The van der Waals surface area contributed by atoms with Gasteiger partial charge < -0.3 is 5.11 Å². The Morgan fingerprint density at radius 2 is 2.10 bits per heavy atom. The number of anilines is 1. The molecule has 1 aliphatic heterocycles. The van der Waals surface area contributed by atoms with E-state index >= 15 is 0 Å². The molecule has 1 fully saturated rings. The van der Waals surface area contributed by atoms with E-state index < -0.39 is 26.6 Å². The second-order valence-electron chi connectivity index (χ2n) is 4.70. The lowest BCUT2D eigenvalue weighted by Crippen LogP contribution is -2.67. The number of hydrogen-bond donors (Lipinski definition) is 1. The molecule has 1 saturated heterocycles. The molecule has 0 spiro atoms. The SMILES string of the molecule is CC1(C)C(=O)N(c2cc(/C=C/C(=O)O)ccn2)S1(=O)=O. The van der Waals surface area contributed by atoms with Crippen molar-refractivity contribution in [2.24, 2.45) is 0 Å². The Balaban J connectivity index is 2.39. The summed E-state index contributed by atoms with van der Waals surface area (Å²) in [6, 6.07) is 2.84. The van der Waals surface area contributed by atoms with E-state index in [2.05, 4.69) is 4.98 Å². The Bertz CT molecular complexity index is 721. The first kappa shape index (κ1) is 14.2. The first-order valence-electron chi connectivity index (χ1n) is 5.64. The molecule has 8 heteroatoms. The van der Waals surface area contributed by atoms with Gasteiger partial charge in [-0.25, -0.2) is 18.2 Å². The van der Waals surface area contributed by atoms with Gasteiger partial charge >= 0.3 is 5.97 Å². The molecule has 0 unspecified atom stereocenters. The summed E-state index contributed by atoms with van der Waals surface area (Å²) in [4.78, 5) is 26.2. The largest absolute Gasteiger partial charge is 0.478 e. The van der Waals surface area contributed by atoms with Crippen molar-refractivity contribution in [3.8, 4) is 0 Å². The Kier molecular flexibility index (Phi) is 3.13. The lowest BCUT2D eigenvalue weighted by atomic mass is 10.2. The van der Waals surface area contributed by atoms with E-state index in [-0.39, 0.29) is 5.82 Å². The third kappa shape index (κ3) is 1.97. The molecule has 2 heterocycles. The minimum atomic E-state index is -3.77. The summed E-state index contributed by atoms with van der Waals surface area (Å²) in [7, 11) is -3.77. The number of aromatic nitrogens is 1. The summed E-state index contributed by atoms with van der Waals surface area (Å²) >= 11 is 0. The van der Waals surface area contributed by atoms with E-state index in [0.717, 1.165) is 6.08 Å². The topological polar surface area (TPSA) is 105 Å². The van der Waals surface area contributed by atoms with Gasteiger partial charge in [-0.05, 0) is 37.6 Å². The third-order valence-electron chi connectivity index (χ3n) is 2.98. The highest BCUT2D eigenvalue weighted by molar-refractivity contribution is 7.98. The normalized spacial score (nSPS) is 19.9. The van der Waals surface area contributed by atoms with Crippen molar-refractivity contribution in [2.75, 3.05) is 4.31 Å².